The SMILES string of the molecule is CC(=O)[C@H]1CC[C@H]2[C@@H]3C[C@@H](C)[C@H]4C[C@](C)(O)CC[C@@H]4[C@H]3CC[C@]12C. The van der Waals surface area contributed by atoms with E-state index in [0.717, 1.165) is 54.8 Å². The van der Waals surface area contributed by atoms with Gasteiger partial charge in [0.1, 0.15) is 5.78 Å². The van der Waals surface area contributed by atoms with Crippen LogP contribution in [0.25, 0.3) is 0 Å². The van der Waals surface area contributed by atoms with Crippen molar-refractivity contribution in [3.63, 3.8) is 0 Å². The summed E-state index contributed by atoms with van der Waals surface area (Å²) in [6.45, 7) is 8.76. The topological polar surface area (TPSA) is 37.3 Å². The van der Waals surface area contributed by atoms with Crippen molar-refractivity contribution in [3.05, 3.63) is 0 Å². The number of carbonyl (C=O) groups is 1. The van der Waals surface area contributed by atoms with Crippen LogP contribution >= 0.6 is 0 Å². The van der Waals surface area contributed by atoms with Crippen LogP contribution in [0.5, 0.6) is 0 Å². The Bertz CT molecular complexity index is 524. The molecule has 2 heteroatoms. The second-order valence-electron chi connectivity index (χ2n) is 10.5. The van der Waals surface area contributed by atoms with E-state index < -0.39 is 5.60 Å². The number of fused-ring (bicyclic) bond motifs is 5. The van der Waals surface area contributed by atoms with Crippen LogP contribution in [0.2, 0.25) is 0 Å². The molecule has 0 aromatic rings. The van der Waals surface area contributed by atoms with Gasteiger partial charge in [-0.3, -0.25) is 4.79 Å². The van der Waals surface area contributed by atoms with E-state index in [2.05, 4.69) is 13.8 Å². The number of aliphatic hydroxyl groups is 1. The van der Waals surface area contributed by atoms with E-state index >= 15 is 0 Å². The number of ketones is 1. The van der Waals surface area contributed by atoms with Gasteiger partial charge in [0.25, 0.3) is 0 Å². The van der Waals surface area contributed by atoms with Crippen LogP contribution in [-0.2, 0) is 4.79 Å². The minimum absolute atomic E-state index is 0.277. The quantitative estimate of drug-likeness (QED) is 0.746. The van der Waals surface area contributed by atoms with E-state index in [4.69, 9.17) is 0 Å². The third-order valence-electron chi connectivity index (χ3n) is 9.15. The lowest BCUT2D eigenvalue weighted by Crippen LogP contribution is -2.53. The van der Waals surface area contributed by atoms with Crippen molar-refractivity contribution in [2.75, 3.05) is 0 Å². The molecule has 1 N–H and O–H groups in total. The Morgan fingerprint density at radius 3 is 2.33 bits per heavy atom. The average molecular weight is 333 g/mol. The molecule has 4 aliphatic carbocycles. The lowest BCUT2D eigenvalue weighted by atomic mass is 9.47. The summed E-state index contributed by atoms with van der Waals surface area (Å²) in [7, 11) is 0. The van der Waals surface area contributed by atoms with Crippen LogP contribution in [0.1, 0.15) is 79.1 Å². The van der Waals surface area contributed by atoms with Gasteiger partial charge in [0, 0.05) is 5.92 Å². The van der Waals surface area contributed by atoms with Gasteiger partial charge in [-0.25, -0.2) is 0 Å². The van der Waals surface area contributed by atoms with E-state index in [9.17, 15) is 9.90 Å². The molecule has 24 heavy (non-hydrogen) atoms. The van der Waals surface area contributed by atoms with Gasteiger partial charge in [0.15, 0.2) is 0 Å². The highest BCUT2D eigenvalue weighted by Crippen LogP contribution is 2.65. The van der Waals surface area contributed by atoms with Crippen LogP contribution in [0.15, 0.2) is 0 Å². The summed E-state index contributed by atoms with van der Waals surface area (Å²) < 4.78 is 0. The molecule has 136 valence electrons. The summed E-state index contributed by atoms with van der Waals surface area (Å²) in [5.74, 6) is 5.54. The monoisotopic (exact) mass is 332 g/mol. The summed E-state index contributed by atoms with van der Waals surface area (Å²) in [5, 5.41) is 10.6. The first kappa shape index (κ1) is 17.1. The fourth-order valence-corrected chi connectivity index (χ4v) is 8.07. The van der Waals surface area contributed by atoms with Crippen LogP contribution < -0.4 is 0 Å². The van der Waals surface area contributed by atoms with E-state index in [0.29, 0.717) is 11.7 Å². The summed E-state index contributed by atoms with van der Waals surface area (Å²) >= 11 is 0. The zero-order valence-electron chi connectivity index (χ0n) is 16.1. The molecular weight excluding hydrogens is 296 g/mol. The van der Waals surface area contributed by atoms with Gasteiger partial charge in [0.2, 0.25) is 0 Å². The summed E-state index contributed by atoms with van der Waals surface area (Å²) in [4.78, 5) is 12.2. The minimum atomic E-state index is -0.432. The van der Waals surface area contributed by atoms with E-state index in [-0.39, 0.29) is 5.41 Å². The van der Waals surface area contributed by atoms with Crippen molar-refractivity contribution in [2.24, 2.45) is 46.8 Å². The Morgan fingerprint density at radius 1 is 0.958 bits per heavy atom. The first-order valence-corrected chi connectivity index (χ1v) is 10.5. The van der Waals surface area contributed by atoms with Crippen LogP contribution in [0, 0.1) is 46.8 Å². The lowest BCUT2D eigenvalue weighted by molar-refractivity contribution is -0.134. The molecule has 0 aromatic carbocycles. The molecule has 4 rings (SSSR count). The molecule has 4 saturated carbocycles. The van der Waals surface area contributed by atoms with Crippen molar-refractivity contribution in [1.29, 1.82) is 0 Å². The van der Waals surface area contributed by atoms with Gasteiger partial charge in [-0.15, -0.1) is 0 Å². The predicted octanol–water partition coefficient (Wildman–Crippen LogP) is 4.84. The van der Waals surface area contributed by atoms with Crippen molar-refractivity contribution in [2.45, 2.75) is 84.7 Å². The molecule has 4 aliphatic rings. The van der Waals surface area contributed by atoms with Crippen LogP contribution in [0.3, 0.4) is 0 Å². The maximum absolute atomic E-state index is 12.2. The highest BCUT2D eigenvalue weighted by Gasteiger charge is 2.59. The van der Waals surface area contributed by atoms with Crippen molar-refractivity contribution < 1.29 is 9.90 Å². The third-order valence-corrected chi connectivity index (χ3v) is 9.15. The van der Waals surface area contributed by atoms with Crippen molar-refractivity contribution in [1.82, 2.24) is 0 Å². The minimum Gasteiger partial charge on any atom is -0.390 e. The molecule has 9 atom stereocenters. The molecule has 2 nitrogen and oxygen atoms in total. The van der Waals surface area contributed by atoms with Crippen LogP contribution in [0.4, 0.5) is 0 Å². The van der Waals surface area contributed by atoms with Gasteiger partial charge in [-0.2, -0.15) is 0 Å². The Hall–Kier alpha value is -0.370. The second kappa shape index (κ2) is 5.56. The van der Waals surface area contributed by atoms with Gasteiger partial charge >= 0.3 is 0 Å². The van der Waals surface area contributed by atoms with E-state index in [1.54, 1.807) is 0 Å². The lowest BCUT2D eigenvalue weighted by Gasteiger charge is -2.58. The Kier molecular flexibility index (Phi) is 3.95. The van der Waals surface area contributed by atoms with Gasteiger partial charge in [-0.1, -0.05) is 13.8 Å². The first-order chi connectivity index (χ1) is 11.2. The number of hydrogen-bond donors (Lipinski definition) is 1. The molecular formula is C22H36O2. The maximum atomic E-state index is 12.2. The Labute approximate surface area is 147 Å². The standard InChI is InChI=1S/C22H36O2/c1-13-11-17-15(16-7-9-21(3,24)12-18(13)16)8-10-22(4)19(14(2)23)5-6-20(17)22/h13,15-20,24H,5-12H2,1-4H3/t13-,15-,16-,17-,18-,19-,20+,21-,22-/m1/s1. The van der Waals surface area contributed by atoms with Crippen molar-refractivity contribution >= 4 is 5.78 Å². The smallest absolute Gasteiger partial charge is 0.133 e. The van der Waals surface area contributed by atoms with Crippen LogP contribution in [-0.4, -0.2) is 16.5 Å². The van der Waals surface area contributed by atoms with Gasteiger partial charge in [-0.05, 0) is 106 Å². The Balaban J connectivity index is 1.60. The second-order valence-corrected chi connectivity index (χ2v) is 10.5. The number of hydrogen-bond acceptors (Lipinski definition) is 2. The first-order valence-electron chi connectivity index (χ1n) is 10.5. The van der Waals surface area contributed by atoms with Gasteiger partial charge in [0.05, 0.1) is 5.60 Å². The fraction of sp³-hybridized carbons (Fsp3) is 0.955. The average Bonchev–Trinajstić information content (AvgIpc) is 2.85. The van der Waals surface area contributed by atoms with Crippen molar-refractivity contribution in [3.8, 4) is 0 Å². The summed E-state index contributed by atoms with van der Waals surface area (Å²) in [6.07, 6.45) is 9.58. The largest absolute Gasteiger partial charge is 0.390 e. The zero-order chi connectivity index (χ0) is 17.3. The van der Waals surface area contributed by atoms with E-state index in [1.807, 2.05) is 13.8 Å². The summed E-state index contributed by atoms with van der Waals surface area (Å²) in [5.41, 5.74) is -0.155. The molecule has 0 saturated heterocycles. The van der Waals surface area contributed by atoms with Gasteiger partial charge < -0.3 is 5.11 Å². The molecule has 4 fully saturated rings. The zero-order valence-corrected chi connectivity index (χ0v) is 16.1. The molecule has 0 amide bonds. The maximum Gasteiger partial charge on any atom is 0.133 e. The highest BCUT2D eigenvalue weighted by atomic mass is 16.3. The molecule has 0 bridgehead atoms. The molecule has 0 spiro atoms. The molecule has 0 radical (unpaired) electrons. The molecule has 0 unspecified atom stereocenters. The summed E-state index contributed by atoms with van der Waals surface area (Å²) in [6, 6.07) is 0. The molecule has 0 heterocycles. The normalized spacial score (nSPS) is 57.0. The molecule has 0 aliphatic heterocycles. The number of rotatable bonds is 1. The third kappa shape index (κ3) is 2.42. The Morgan fingerprint density at radius 2 is 1.62 bits per heavy atom. The highest BCUT2D eigenvalue weighted by molar-refractivity contribution is 5.79. The predicted molar refractivity (Wildman–Crippen MR) is 96.5 cm³/mol. The number of Topliss-reactive ketones (excluding diaryl/α,β-unsaturated/α-hetero) is 1. The molecule has 0 aromatic heterocycles. The number of carbonyl (C=O) groups excluding carboxylic acids is 1. The fourth-order valence-electron chi connectivity index (χ4n) is 8.07. The van der Waals surface area contributed by atoms with E-state index in [1.165, 1.54) is 32.1 Å².